The maximum atomic E-state index is 15.0. The molecule has 0 bridgehead atoms. The van der Waals surface area contributed by atoms with Crippen LogP contribution >= 0.6 is 11.6 Å². The number of hydrogen-bond donors (Lipinski definition) is 0. The Morgan fingerprint density at radius 3 is 2.53 bits per heavy atom. The van der Waals surface area contributed by atoms with E-state index >= 15 is 0 Å². The molecule has 0 aliphatic heterocycles. The standard InChI is InChI=1S/C24H21ClFN3O3.C2H6/c1-31-11-10-29-21-13-17(24(30)32-2)8-9-20(21)28-23(29)14-15-6-7-16(12-18(15)26)19-4-3-5-22(25)27-19;1-2/h3-9,12-13H,10-11,14H2,1-2H3;1-2H3. The lowest BCUT2D eigenvalue weighted by molar-refractivity contribution is 0.0601. The Labute approximate surface area is 203 Å². The zero-order valence-corrected chi connectivity index (χ0v) is 20.4. The number of nitrogens with zero attached hydrogens (tertiary/aromatic N) is 3. The summed E-state index contributed by atoms with van der Waals surface area (Å²) < 4.78 is 27.0. The van der Waals surface area contributed by atoms with Crippen LogP contribution in [0.2, 0.25) is 5.15 Å². The van der Waals surface area contributed by atoms with Crippen molar-refractivity contribution in [3.63, 3.8) is 0 Å². The number of pyridine rings is 1. The molecule has 0 aliphatic rings. The van der Waals surface area contributed by atoms with Gasteiger partial charge in [0, 0.05) is 25.6 Å². The quantitative estimate of drug-likeness (QED) is 0.240. The summed E-state index contributed by atoms with van der Waals surface area (Å²) in [6.45, 7) is 4.96. The SMILES string of the molecule is CC.COCCn1c(Cc2ccc(-c3cccc(Cl)n3)cc2F)nc2ccc(C(=O)OC)cc21. The number of imidazole rings is 1. The first-order chi connectivity index (χ1) is 16.5. The molecule has 0 atom stereocenters. The van der Waals surface area contributed by atoms with E-state index < -0.39 is 5.97 Å². The minimum Gasteiger partial charge on any atom is -0.465 e. The molecule has 2 aromatic carbocycles. The molecule has 8 heteroatoms. The third-order valence-electron chi connectivity index (χ3n) is 5.18. The van der Waals surface area contributed by atoms with E-state index in [0.29, 0.717) is 52.0 Å². The molecule has 0 amide bonds. The first-order valence-electron chi connectivity index (χ1n) is 11.0. The van der Waals surface area contributed by atoms with Gasteiger partial charge in [0.1, 0.15) is 16.8 Å². The highest BCUT2D eigenvalue weighted by Crippen LogP contribution is 2.25. The van der Waals surface area contributed by atoms with Crippen LogP contribution in [0.5, 0.6) is 0 Å². The number of ether oxygens (including phenoxy) is 2. The smallest absolute Gasteiger partial charge is 0.337 e. The number of carbonyl (C=O) groups excluding carboxylic acids is 1. The summed E-state index contributed by atoms with van der Waals surface area (Å²) in [6, 6.07) is 15.4. The number of halogens is 2. The summed E-state index contributed by atoms with van der Waals surface area (Å²) >= 11 is 5.96. The van der Waals surface area contributed by atoms with Crippen LogP contribution < -0.4 is 0 Å². The molecule has 2 heterocycles. The number of benzene rings is 2. The van der Waals surface area contributed by atoms with Crippen LogP contribution in [-0.4, -0.2) is 41.3 Å². The van der Waals surface area contributed by atoms with Crippen LogP contribution in [0, 0.1) is 5.82 Å². The minimum atomic E-state index is -0.427. The molecule has 34 heavy (non-hydrogen) atoms. The maximum absolute atomic E-state index is 15.0. The molecule has 0 spiro atoms. The van der Waals surface area contributed by atoms with Gasteiger partial charge in [-0.25, -0.2) is 19.2 Å². The minimum absolute atomic E-state index is 0.279. The summed E-state index contributed by atoms with van der Waals surface area (Å²) in [5.74, 6) is -0.110. The van der Waals surface area contributed by atoms with E-state index in [9.17, 15) is 9.18 Å². The third kappa shape index (κ3) is 5.61. The number of methoxy groups -OCH3 is 2. The van der Waals surface area contributed by atoms with E-state index in [2.05, 4.69) is 9.97 Å². The van der Waals surface area contributed by atoms with E-state index in [4.69, 9.17) is 21.1 Å². The van der Waals surface area contributed by atoms with Crippen molar-refractivity contribution in [2.75, 3.05) is 20.8 Å². The van der Waals surface area contributed by atoms with Crippen molar-refractivity contribution in [2.24, 2.45) is 0 Å². The van der Waals surface area contributed by atoms with Gasteiger partial charge in [0.2, 0.25) is 0 Å². The average molecular weight is 484 g/mol. The molecule has 0 aliphatic carbocycles. The zero-order valence-electron chi connectivity index (χ0n) is 19.6. The molecule has 178 valence electrons. The molecule has 4 aromatic rings. The Balaban J connectivity index is 0.00000158. The summed E-state index contributed by atoms with van der Waals surface area (Å²) in [5, 5.41) is 0.352. The lowest BCUT2D eigenvalue weighted by Gasteiger charge is -2.10. The second kappa shape index (κ2) is 11.7. The number of rotatable bonds is 7. The van der Waals surface area contributed by atoms with Crippen LogP contribution in [0.15, 0.2) is 54.6 Å². The van der Waals surface area contributed by atoms with Gasteiger partial charge >= 0.3 is 5.97 Å². The molecule has 4 rings (SSSR count). The monoisotopic (exact) mass is 483 g/mol. The number of carbonyl (C=O) groups is 1. The van der Waals surface area contributed by atoms with Crippen molar-refractivity contribution in [1.29, 1.82) is 0 Å². The van der Waals surface area contributed by atoms with Gasteiger partial charge in [0.15, 0.2) is 0 Å². The molecule has 6 nitrogen and oxygen atoms in total. The van der Waals surface area contributed by atoms with Gasteiger partial charge in [-0.3, -0.25) is 0 Å². The fourth-order valence-corrected chi connectivity index (χ4v) is 3.74. The number of fused-ring (bicyclic) bond motifs is 1. The van der Waals surface area contributed by atoms with Crippen molar-refractivity contribution in [2.45, 2.75) is 26.8 Å². The fourth-order valence-electron chi connectivity index (χ4n) is 3.57. The molecule has 0 saturated heterocycles. The molecule has 0 radical (unpaired) electrons. The Hall–Kier alpha value is -3.29. The first kappa shape index (κ1) is 25.3. The summed E-state index contributed by atoms with van der Waals surface area (Å²) in [7, 11) is 2.95. The highest BCUT2D eigenvalue weighted by molar-refractivity contribution is 6.29. The van der Waals surface area contributed by atoms with Crippen LogP contribution in [-0.2, 0) is 22.4 Å². The van der Waals surface area contributed by atoms with Gasteiger partial charge in [-0.2, -0.15) is 0 Å². The van der Waals surface area contributed by atoms with Gasteiger partial charge in [-0.1, -0.05) is 43.6 Å². The van der Waals surface area contributed by atoms with Crippen LogP contribution in [0.25, 0.3) is 22.3 Å². The van der Waals surface area contributed by atoms with E-state index in [1.807, 2.05) is 24.5 Å². The van der Waals surface area contributed by atoms with Gasteiger partial charge in [-0.05, 0) is 42.0 Å². The third-order valence-corrected chi connectivity index (χ3v) is 5.39. The maximum Gasteiger partial charge on any atom is 0.337 e. The summed E-state index contributed by atoms with van der Waals surface area (Å²) in [6.07, 6.45) is 0.279. The highest BCUT2D eigenvalue weighted by atomic mass is 35.5. The van der Waals surface area contributed by atoms with Crippen LogP contribution in [0.3, 0.4) is 0 Å². The fraction of sp³-hybridized carbons (Fsp3) is 0.269. The van der Waals surface area contributed by atoms with Crippen molar-refractivity contribution >= 4 is 28.6 Å². The molecule has 2 aromatic heterocycles. The van der Waals surface area contributed by atoms with Gasteiger partial charge in [-0.15, -0.1) is 0 Å². The lowest BCUT2D eigenvalue weighted by atomic mass is 10.1. The van der Waals surface area contributed by atoms with Crippen LogP contribution in [0.4, 0.5) is 4.39 Å². The largest absolute Gasteiger partial charge is 0.465 e. The molecular weight excluding hydrogens is 457 g/mol. The summed E-state index contributed by atoms with van der Waals surface area (Å²) in [5.41, 5.74) is 3.65. The topological polar surface area (TPSA) is 66.2 Å². The van der Waals surface area contributed by atoms with Crippen molar-refractivity contribution < 1.29 is 18.7 Å². The summed E-state index contributed by atoms with van der Waals surface area (Å²) in [4.78, 5) is 20.9. The van der Waals surface area contributed by atoms with Gasteiger partial charge < -0.3 is 14.0 Å². The predicted octanol–water partition coefficient (Wildman–Crippen LogP) is 5.94. The van der Waals surface area contributed by atoms with Crippen molar-refractivity contribution in [3.05, 3.63) is 82.5 Å². The van der Waals surface area contributed by atoms with Gasteiger partial charge in [0.05, 0.1) is 36.0 Å². The Kier molecular flexibility index (Phi) is 8.73. The Bertz CT molecular complexity index is 1290. The normalized spacial score (nSPS) is 10.6. The molecular formula is C26H27ClFN3O3. The van der Waals surface area contributed by atoms with E-state index in [0.717, 1.165) is 5.52 Å². The number of hydrogen-bond acceptors (Lipinski definition) is 5. The van der Waals surface area contributed by atoms with Crippen LogP contribution in [0.1, 0.15) is 35.6 Å². The molecule has 0 unspecified atom stereocenters. The molecule has 0 N–H and O–H groups in total. The Morgan fingerprint density at radius 2 is 1.85 bits per heavy atom. The Morgan fingerprint density at radius 1 is 1.06 bits per heavy atom. The van der Waals surface area contributed by atoms with E-state index in [1.165, 1.54) is 13.2 Å². The second-order valence-electron chi connectivity index (χ2n) is 7.20. The number of aromatic nitrogens is 3. The predicted molar refractivity (Wildman–Crippen MR) is 132 cm³/mol. The molecule has 0 fully saturated rings. The van der Waals surface area contributed by atoms with Crippen molar-refractivity contribution in [3.8, 4) is 11.3 Å². The number of esters is 1. The second-order valence-corrected chi connectivity index (χ2v) is 7.58. The van der Waals surface area contributed by atoms with E-state index in [1.54, 1.807) is 49.6 Å². The zero-order chi connectivity index (χ0) is 24.7. The highest BCUT2D eigenvalue weighted by Gasteiger charge is 2.16. The average Bonchev–Trinajstić information content (AvgIpc) is 3.20. The first-order valence-corrected chi connectivity index (χ1v) is 11.4. The van der Waals surface area contributed by atoms with Gasteiger partial charge in [0.25, 0.3) is 0 Å². The lowest BCUT2D eigenvalue weighted by Crippen LogP contribution is -2.10. The molecule has 0 saturated carbocycles. The van der Waals surface area contributed by atoms with E-state index in [-0.39, 0.29) is 12.2 Å². The van der Waals surface area contributed by atoms with Crippen molar-refractivity contribution in [1.82, 2.24) is 14.5 Å².